The number of nitrogens with zero attached hydrogens (tertiary/aromatic N) is 3. The van der Waals surface area contributed by atoms with Gasteiger partial charge in [0.25, 0.3) is 5.56 Å². The first-order valence-electron chi connectivity index (χ1n) is 5.44. The average Bonchev–Trinajstić information content (AvgIpc) is 2.82. The van der Waals surface area contributed by atoms with Gasteiger partial charge in [-0.1, -0.05) is 0 Å². The van der Waals surface area contributed by atoms with E-state index in [0.717, 1.165) is 0 Å². The van der Waals surface area contributed by atoms with E-state index in [1.807, 2.05) is 0 Å². The number of nitrogens with one attached hydrogen (secondary N) is 2. The van der Waals surface area contributed by atoms with E-state index in [1.165, 1.54) is 7.11 Å². The number of hydrogen-bond acceptors (Lipinski definition) is 6. The van der Waals surface area contributed by atoms with Gasteiger partial charge < -0.3 is 15.5 Å². The van der Waals surface area contributed by atoms with Crippen LogP contribution in [0.1, 0.15) is 0 Å². The predicted octanol–water partition coefficient (Wildman–Crippen LogP) is 0.299. The fraction of sp³-hybridized carbons (Fsp3) is 0.0909. The Hall–Kier alpha value is -2.90. The zero-order valence-electron chi connectivity index (χ0n) is 9.97. The highest BCUT2D eigenvalue weighted by Gasteiger charge is 2.13. The van der Waals surface area contributed by atoms with Crippen molar-refractivity contribution >= 4 is 17.1 Å². The molecule has 8 heteroatoms. The normalized spacial score (nSPS) is 10.8. The molecular weight excluding hydrogens is 248 g/mol. The molecule has 0 unspecified atom stereocenters. The third-order valence-electron chi connectivity index (χ3n) is 2.60. The molecule has 0 spiro atoms. The number of pyridine rings is 1. The molecule has 0 atom stereocenters. The van der Waals surface area contributed by atoms with E-state index >= 15 is 0 Å². The number of nitrogen functional groups attached to an aromatic ring is 1. The number of nitrogens with two attached hydrogens (primary N) is 1. The number of aromatic amines is 2. The number of ether oxygens (including phenoxy) is 1. The quantitative estimate of drug-likeness (QED) is 0.607. The molecule has 0 fully saturated rings. The zero-order valence-corrected chi connectivity index (χ0v) is 9.97. The molecule has 0 aliphatic rings. The van der Waals surface area contributed by atoms with Crippen LogP contribution >= 0.6 is 0 Å². The van der Waals surface area contributed by atoms with Crippen LogP contribution in [0.5, 0.6) is 5.88 Å². The minimum Gasteiger partial charge on any atom is -0.480 e. The molecule has 3 rings (SSSR count). The summed E-state index contributed by atoms with van der Waals surface area (Å²) < 4.78 is 5.15. The van der Waals surface area contributed by atoms with Crippen molar-refractivity contribution in [3.63, 3.8) is 0 Å². The van der Waals surface area contributed by atoms with Gasteiger partial charge in [0.1, 0.15) is 5.82 Å². The van der Waals surface area contributed by atoms with E-state index in [0.29, 0.717) is 17.3 Å². The number of imidazole rings is 1. The van der Waals surface area contributed by atoms with Gasteiger partial charge in [-0.05, 0) is 12.1 Å². The molecule has 0 saturated carbocycles. The van der Waals surface area contributed by atoms with E-state index in [-0.39, 0.29) is 22.7 Å². The lowest BCUT2D eigenvalue weighted by atomic mass is 10.2. The standard InChI is InChI=1S/C11H10N6O2/c1-19-10-5(3-2-4-13-10)7-14-6-8(15-7)16-11(12)17-9(6)18/h2-4H,1H3,(H4,12,14,15,16,17,18). The molecule has 96 valence electrons. The number of aromatic nitrogens is 5. The molecule has 0 amide bonds. The topological polar surface area (TPSA) is 123 Å². The molecule has 0 aromatic carbocycles. The van der Waals surface area contributed by atoms with Crippen LogP contribution in [0.15, 0.2) is 23.1 Å². The molecule has 0 bridgehead atoms. The van der Waals surface area contributed by atoms with Crippen molar-refractivity contribution in [1.29, 1.82) is 0 Å². The molecule has 0 radical (unpaired) electrons. The fourth-order valence-corrected chi connectivity index (χ4v) is 1.79. The van der Waals surface area contributed by atoms with E-state index < -0.39 is 0 Å². The molecule has 3 heterocycles. The van der Waals surface area contributed by atoms with Crippen molar-refractivity contribution in [2.45, 2.75) is 0 Å². The van der Waals surface area contributed by atoms with Gasteiger partial charge in [-0.2, -0.15) is 4.98 Å². The number of methoxy groups -OCH3 is 1. The minimum absolute atomic E-state index is 0.0219. The highest BCUT2D eigenvalue weighted by atomic mass is 16.5. The smallest absolute Gasteiger partial charge is 0.278 e. The first-order chi connectivity index (χ1) is 9.19. The fourth-order valence-electron chi connectivity index (χ4n) is 1.79. The second-order valence-corrected chi connectivity index (χ2v) is 3.80. The Morgan fingerprint density at radius 2 is 2.16 bits per heavy atom. The van der Waals surface area contributed by atoms with Gasteiger partial charge in [0.05, 0.1) is 12.7 Å². The number of rotatable bonds is 2. The average molecular weight is 258 g/mol. The molecule has 19 heavy (non-hydrogen) atoms. The molecule has 0 saturated heterocycles. The summed E-state index contributed by atoms with van der Waals surface area (Å²) >= 11 is 0. The lowest BCUT2D eigenvalue weighted by Gasteiger charge is -2.02. The van der Waals surface area contributed by atoms with Crippen molar-refractivity contribution in [3.8, 4) is 17.3 Å². The summed E-state index contributed by atoms with van der Waals surface area (Å²) in [5, 5.41) is 0. The summed E-state index contributed by atoms with van der Waals surface area (Å²) in [6, 6.07) is 3.53. The van der Waals surface area contributed by atoms with Crippen LogP contribution in [0.3, 0.4) is 0 Å². The second-order valence-electron chi connectivity index (χ2n) is 3.80. The predicted molar refractivity (Wildman–Crippen MR) is 68.7 cm³/mol. The van der Waals surface area contributed by atoms with Gasteiger partial charge in [0.15, 0.2) is 11.2 Å². The molecule has 4 N–H and O–H groups in total. The minimum atomic E-state index is -0.371. The van der Waals surface area contributed by atoms with Gasteiger partial charge >= 0.3 is 0 Å². The van der Waals surface area contributed by atoms with Crippen LogP contribution < -0.4 is 16.0 Å². The Bertz CT molecular complexity index is 806. The highest BCUT2D eigenvalue weighted by molar-refractivity contribution is 5.77. The molecule has 8 nitrogen and oxygen atoms in total. The van der Waals surface area contributed by atoms with Crippen LogP contribution in [0, 0.1) is 0 Å². The Labute approximate surface area is 106 Å². The van der Waals surface area contributed by atoms with E-state index in [4.69, 9.17) is 10.5 Å². The van der Waals surface area contributed by atoms with E-state index in [1.54, 1.807) is 18.3 Å². The monoisotopic (exact) mass is 258 g/mol. The third-order valence-corrected chi connectivity index (χ3v) is 2.60. The highest BCUT2D eigenvalue weighted by Crippen LogP contribution is 2.25. The third kappa shape index (κ3) is 1.79. The van der Waals surface area contributed by atoms with Gasteiger partial charge in [-0.3, -0.25) is 9.78 Å². The molecule has 0 aliphatic carbocycles. The Balaban J connectivity index is 2.26. The van der Waals surface area contributed by atoms with Gasteiger partial charge in [-0.25, -0.2) is 9.97 Å². The maximum atomic E-state index is 11.7. The summed E-state index contributed by atoms with van der Waals surface area (Å²) in [6.07, 6.45) is 1.61. The molecule has 3 aromatic heterocycles. The van der Waals surface area contributed by atoms with Crippen molar-refractivity contribution in [2.24, 2.45) is 0 Å². The zero-order chi connectivity index (χ0) is 13.4. The Kier molecular flexibility index (Phi) is 2.41. The largest absolute Gasteiger partial charge is 0.480 e. The summed E-state index contributed by atoms with van der Waals surface area (Å²) in [4.78, 5) is 29.2. The first kappa shape index (κ1) is 11.2. The number of hydrogen-bond donors (Lipinski definition) is 3. The van der Waals surface area contributed by atoms with E-state index in [2.05, 4.69) is 24.9 Å². The van der Waals surface area contributed by atoms with Crippen LogP contribution in [0.25, 0.3) is 22.6 Å². The second kappa shape index (κ2) is 4.09. The van der Waals surface area contributed by atoms with Gasteiger partial charge in [-0.15, -0.1) is 0 Å². The van der Waals surface area contributed by atoms with Crippen molar-refractivity contribution in [1.82, 2.24) is 24.9 Å². The Morgan fingerprint density at radius 3 is 2.95 bits per heavy atom. The summed E-state index contributed by atoms with van der Waals surface area (Å²) in [7, 11) is 1.51. The van der Waals surface area contributed by atoms with E-state index in [9.17, 15) is 4.79 Å². The number of fused-ring (bicyclic) bond motifs is 1. The Morgan fingerprint density at radius 1 is 1.32 bits per heavy atom. The van der Waals surface area contributed by atoms with Crippen molar-refractivity contribution in [2.75, 3.05) is 12.8 Å². The van der Waals surface area contributed by atoms with Crippen LogP contribution in [0.2, 0.25) is 0 Å². The number of anilines is 1. The summed E-state index contributed by atoms with van der Waals surface area (Å²) in [5.41, 5.74) is 6.25. The van der Waals surface area contributed by atoms with Crippen LogP contribution in [-0.4, -0.2) is 32.0 Å². The summed E-state index contributed by atoms with van der Waals surface area (Å²) in [6.45, 7) is 0. The summed E-state index contributed by atoms with van der Waals surface area (Å²) in [5.74, 6) is 0.878. The lowest BCUT2D eigenvalue weighted by Crippen LogP contribution is -2.10. The first-order valence-corrected chi connectivity index (χ1v) is 5.44. The maximum Gasteiger partial charge on any atom is 0.278 e. The lowest BCUT2D eigenvalue weighted by molar-refractivity contribution is 0.399. The van der Waals surface area contributed by atoms with Crippen molar-refractivity contribution in [3.05, 3.63) is 28.7 Å². The molecule has 0 aliphatic heterocycles. The molecular formula is C11H10N6O2. The van der Waals surface area contributed by atoms with Gasteiger partial charge in [0.2, 0.25) is 11.8 Å². The molecule has 3 aromatic rings. The SMILES string of the molecule is COc1ncccc1-c1nc2nc(N)[nH]c(=O)c2[nH]1. The van der Waals surface area contributed by atoms with Crippen LogP contribution in [-0.2, 0) is 0 Å². The van der Waals surface area contributed by atoms with Gasteiger partial charge in [0, 0.05) is 6.20 Å². The van der Waals surface area contributed by atoms with Crippen LogP contribution in [0.4, 0.5) is 5.95 Å². The number of H-pyrrole nitrogens is 2. The maximum absolute atomic E-state index is 11.7. The van der Waals surface area contributed by atoms with Crippen molar-refractivity contribution < 1.29 is 4.74 Å².